The van der Waals surface area contributed by atoms with Crippen LogP contribution in [-0.4, -0.2) is 17.7 Å². The molecule has 0 fully saturated rings. The number of nitrogens with zero attached hydrogens (tertiary/aromatic N) is 1. The van der Waals surface area contributed by atoms with Crippen molar-refractivity contribution in [2.24, 2.45) is 0 Å². The second-order valence-electron chi connectivity index (χ2n) is 3.65. The highest BCUT2D eigenvalue weighted by Gasteiger charge is 2.27. The van der Waals surface area contributed by atoms with E-state index in [-0.39, 0.29) is 6.04 Å². The summed E-state index contributed by atoms with van der Waals surface area (Å²) in [4.78, 5) is 3.96. The topological polar surface area (TPSA) is 24.9 Å². The number of pyridine rings is 1. The van der Waals surface area contributed by atoms with E-state index >= 15 is 0 Å². The fourth-order valence-electron chi connectivity index (χ4n) is 1.53. The highest BCUT2D eigenvalue weighted by molar-refractivity contribution is 5.26. The molecule has 0 saturated carbocycles. The zero-order chi connectivity index (χ0) is 12.2. The molecule has 1 rings (SSSR count). The Labute approximate surface area is 92.9 Å². The standard InChI is InChI=1S/C11H15F3N2/c1-3-9-6-15-5-4-10(9)8(2)16-7-11(12,13)14/h4-6,8,16H,3,7H2,1-2H3/t8-/m0/s1. The Morgan fingerprint density at radius 1 is 1.44 bits per heavy atom. The van der Waals surface area contributed by atoms with Gasteiger partial charge in [0.1, 0.15) is 0 Å². The Morgan fingerprint density at radius 3 is 2.69 bits per heavy atom. The fraction of sp³-hybridized carbons (Fsp3) is 0.545. The van der Waals surface area contributed by atoms with Crippen molar-refractivity contribution < 1.29 is 13.2 Å². The summed E-state index contributed by atoms with van der Waals surface area (Å²) in [7, 11) is 0. The third kappa shape index (κ3) is 3.81. The average molecular weight is 232 g/mol. The number of halogens is 3. The molecule has 16 heavy (non-hydrogen) atoms. The smallest absolute Gasteiger partial charge is 0.302 e. The molecule has 1 N–H and O–H groups in total. The second kappa shape index (κ2) is 5.30. The van der Waals surface area contributed by atoms with Gasteiger partial charge in [0.2, 0.25) is 0 Å². The van der Waals surface area contributed by atoms with Crippen molar-refractivity contribution in [1.29, 1.82) is 0 Å². The molecule has 0 saturated heterocycles. The van der Waals surface area contributed by atoms with Crippen LogP contribution in [0.3, 0.4) is 0 Å². The van der Waals surface area contributed by atoms with E-state index in [4.69, 9.17) is 0 Å². The van der Waals surface area contributed by atoms with Crippen LogP contribution in [-0.2, 0) is 6.42 Å². The van der Waals surface area contributed by atoms with Crippen LogP contribution in [0.25, 0.3) is 0 Å². The van der Waals surface area contributed by atoms with Crippen molar-refractivity contribution in [3.05, 3.63) is 29.6 Å². The first kappa shape index (κ1) is 13.0. The predicted octanol–water partition coefficient (Wildman–Crippen LogP) is 2.86. The molecule has 5 heteroatoms. The summed E-state index contributed by atoms with van der Waals surface area (Å²) in [6, 6.07) is 1.44. The summed E-state index contributed by atoms with van der Waals surface area (Å²) in [6.45, 7) is 2.71. The van der Waals surface area contributed by atoms with Gasteiger partial charge in [0, 0.05) is 18.4 Å². The summed E-state index contributed by atoms with van der Waals surface area (Å²) >= 11 is 0. The molecule has 1 heterocycles. The van der Waals surface area contributed by atoms with Crippen molar-refractivity contribution in [2.45, 2.75) is 32.5 Å². The maximum absolute atomic E-state index is 12.0. The van der Waals surface area contributed by atoms with Gasteiger partial charge in [-0.15, -0.1) is 0 Å². The lowest BCUT2D eigenvalue weighted by molar-refractivity contribution is -0.126. The molecule has 0 unspecified atom stereocenters. The van der Waals surface area contributed by atoms with Gasteiger partial charge in [0.05, 0.1) is 6.54 Å². The molecule has 90 valence electrons. The third-order valence-corrected chi connectivity index (χ3v) is 2.40. The first-order chi connectivity index (χ1) is 7.44. The number of rotatable bonds is 4. The summed E-state index contributed by atoms with van der Waals surface area (Å²) < 4.78 is 36.1. The fourth-order valence-corrected chi connectivity index (χ4v) is 1.53. The Morgan fingerprint density at radius 2 is 2.12 bits per heavy atom. The van der Waals surface area contributed by atoms with Crippen molar-refractivity contribution in [2.75, 3.05) is 6.54 Å². The molecule has 2 nitrogen and oxygen atoms in total. The van der Waals surface area contributed by atoms with Gasteiger partial charge in [0.25, 0.3) is 0 Å². The van der Waals surface area contributed by atoms with Gasteiger partial charge in [0.15, 0.2) is 0 Å². The van der Waals surface area contributed by atoms with Gasteiger partial charge in [-0.25, -0.2) is 0 Å². The van der Waals surface area contributed by atoms with Crippen LogP contribution in [0.5, 0.6) is 0 Å². The maximum Gasteiger partial charge on any atom is 0.401 e. The normalized spacial score (nSPS) is 13.8. The minimum Gasteiger partial charge on any atom is -0.302 e. The highest BCUT2D eigenvalue weighted by atomic mass is 19.4. The largest absolute Gasteiger partial charge is 0.401 e. The Balaban J connectivity index is 2.69. The molecule has 0 spiro atoms. The molecule has 0 aromatic carbocycles. The molecule has 0 aliphatic rings. The number of alkyl halides is 3. The van der Waals surface area contributed by atoms with Crippen molar-refractivity contribution in [1.82, 2.24) is 10.3 Å². The van der Waals surface area contributed by atoms with E-state index in [1.807, 2.05) is 6.92 Å². The minimum absolute atomic E-state index is 0.320. The van der Waals surface area contributed by atoms with Crippen LogP contribution in [0.1, 0.15) is 31.0 Å². The average Bonchev–Trinajstić information content (AvgIpc) is 2.25. The molecule has 0 amide bonds. The zero-order valence-corrected chi connectivity index (χ0v) is 9.30. The van der Waals surface area contributed by atoms with Gasteiger partial charge in [-0.1, -0.05) is 6.92 Å². The van der Waals surface area contributed by atoms with Gasteiger partial charge in [-0.2, -0.15) is 13.2 Å². The Hall–Kier alpha value is -1.10. The SMILES string of the molecule is CCc1cnccc1[C@H](C)NCC(F)(F)F. The van der Waals surface area contributed by atoms with Crippen LogP contribution in [0.4, 0.5) is 13.2 Å². The Kier molecular flexibility index (Phi) is 4.29. The summed E-state index contributed by atoms with van der Waals surface area (Å²) in [5.41, 5.74) is 1.85. The molecular weight excluding hydrogens is 217 g/mol. The molecule has 1 aromatic heterocycles. The summed E-state index contributed by atoms with van der Waals surface area (Å²) in [5, 5.41) is 2.46. The molecule has 0 aliphatic heterocycles. The van der Waals surface area contributed by atoms with Gasteiger partial charge in [-0.05, 0) is 30.5 Å². The second-order valence-corrected chi connectivity index (χ2v) is 3.65. The van der Waals surface area contributed by atoms with Gasteiger partial charge >= 0.3 is 6.18 Å². The third-order valence-electron chi connectivity index (χ3n) is 2.40. The molecule has 0 aliphatic carbocycles. The summed E-state index contributed by atoms with van der Waals surface area (Å²) in [6.07, 6.45) is -0.115. The monoisotopic (exact) mass is 232 g/mol. The molecule has 0 radical (unpaired) electrons. The van der Waals surface area contributed by atoms with Gasteiger partial charge < -0.3 is 5.32 Å². The van der Waals surface area contributed by atoms with Crippen molar-refractivity contribution >= 4 is 0 Å². The lowest BCUT2D eigenvalue weighted by atomic mass is 10.0. The van der Waals surface area contributed by atoms with E-state index in [2.05, 4.69) is 10.3 Å². The minimum atomic E-state index is -4.17. The first-order valence-electron chi connectivity index (χ1n) is 5.17. The maximum atomic E-state index is 12.0. The molecular formula is C11H15F3N2. The van der Waals surface area contributed by atoms with E-state index < -0.39 is 12.7 Å². The number of aryl methyl sites for hydroxylation is 1. The summed E-state index contributed by atoms with van der Waals surface area (Å²) in [5.74, 6) is 0. The number of nitrogens with one attached hydrogen (secondary N) is 1. The van der Waals surface area contributed by atoms with Crippen molar-refractivity contribution in [3.8, 4) is 0 Å². The van der Waals surface area contributed by atoms with Crippen LogP contribution in [0.2, 0.25) is 0 Å². The van der Waals surface area contributed by atoms with Crippen LogP contribution in [0.15, 0.2) is 18.5 Å². The van der Waals surface area contributed by atoms with E-state index in [0.29, 0.717) is 0 Å². The van der Waals surface area contributed by atoms with E-state index in [1.54, 1.807) is 25.4 Å². The van der Waals surface area contributed by atoms with E-state index in [1.165, 1.54) is 0 Å². The van der Waals surface area contributed by atoms with Crippen LogP contribution < -0.4 is 5.32 Å². The zero-order valence-electron chi connectivity index (χ0n) is 9.30. The van der Waals surface area contributed by atoms with E-state index in [0.717, 1.165) is 17.5 Å². The van der Waals surface area contributed by atoms with E-state index in [9.17, 15) is 13.2 Å². The molecule has 0 bridgehead atoms. The van der Waals surface area contributed by atoms with Crippen LogP contribution >= 0.6 is 0 Å². The lowest BCUT2D eigenvalue weighted by Gasteiger charge is -2.18. The van der Waals surface area contributed by atoms with Gasteiger partial charge in [-0.3, -0.25) is 4.98 Å². The van der Waals surface area contributed by atoms with Crippen LogP contribution in [0, 0.1) is 0 Å². The quantitative estimate of drug-likeness (QED) is 0.863. The number of aromatic nitrogens is 1. The molecule has 1 aromatic rings. The predicted molar refractivity (Wildman–Crippen MR) is 56.1 cm³/mol. The number of hydrogen-bond acceptors (Lipinski definition) is 2. The lowest BCUT2D eigenvalue weighted by Crippen LogP contribution is -2.31. The molecule has 1 atom stereocenters. The highest BCUT2D eigenvalue weighted by Crippen LogP contribution is 2.19. The first-order valence-corrected chi connectivity index (χ1v) is 5.17. The van der Waals surface area contributed by atoms with Crippen molar-refractivity contribution in [3.63, 3.8) is 0 Å². The Bertz CT molecular complexity index is 336. The number of hydrogen-bond donors (Lipinski definition) is 1.